The van der Waals surface area contributed by atoms with Gasteiger partial charge in [0.1, 0.15) is 41.7 Å². The van der Waals surface area contributed by atoms with Crippen LogP contribution in [0.2, 0.25) is 0 Å². The molecule has 1 fully saturated rings. The first-order valence-corrected chi connectivity index (χ1v) is 17.0. The summed E-state index contributed by atoms with van der Waals surface area (Å²) in [6.45, 7) is 8.04. The molecule has 1 saturated heterocycles. The van der Waals surface area contributed by atoms with E-state index in [0.29, 0.717) is 0 Å². The third-order valence-electron chi connectivity index (χ3n) is 7.22. The van der Waals surface area contributed by atoms with Crippen LogP contribution in [-0.2, 0) is 42.7 Å². The van der Waals surface area contributed by atoms with E-state index in [2.05, 4.69) is 26.3 Å². The van der Waals surface area contributed by atoms with Gasteiger partial charge in [-0.1, -0.05) is 0 Å². The monoisotopic (exact) mass is 795 g/mol. The van der Waals surface area contributed by atoms with E-state index in [0.717, 1.165) is 20.1 Å². The number of aliphatic imine (C=N–C) groups is 1. The van der Waals surface area contributed by atoms with Crippen molar-refractivity contribution in [3.63, 3.8) is 0 Å². The molecule has 2 aliphatic rings. The van der Waals surface area contributed by atoms with Gasteiger partial charge in [0.05, 0.1) is 39.0 Å². The number of methoxy groups -OCH3 is 1. The highest BCUT2D eigenvalue weighted by Crippen LogP contribution is 2.27. The minimum absolute atomic E-state index is 0.354. The molecule has 0 saturated carbocycles. The van der Waals surface area contributed by atoms with Gasteiger partial charge >= 0.3 is 24.2 Å². The normalized spacial score (nSPS) is 26.4. The molecule has 0 unspecified atom stereocenters. The largest absolute Gasteiger partial charge is 0.477 e. The third-order valence-corrected chi connectivity index (χ3v) is 7.22. The van der Waals surface area contributed by atoms with Crippen LogP contribution in [-0.4, -0.2) is 173 Å². The number of carbonyl (C=O) groups is 5. The van der Waals surface area contributed by atoms with Crippen LogP contribution in [0.1, 0.15) is 48.5 Å². The van der Waals surface area contributed by atoms with Crippen molar-refractivity contribution < 1.29 is 87.8 Å². The molecule has 314 valence electrons. The van der Waals surface area contributed by atoms with E-state index < -0.39 is 127 Å². The molecule has 23 heteroatoms. The van der Waals surface area contributed by atoms with Gasteiger partial charge in [-0.25, -0.2) is 24.2 Å². The van der Waals surface area contributed by atoms with E-state index in [1.54, 1.807) is 41.5 Å². The molecule has 0 aromatic carbocycles. The Balaban J connectivity index is 2.45. The average molecular weight is 796 g/mol. The summed E-state index contributed by atoms with van der Waals surface area (Å²) in [7, 11) is 1.01. The topological polar surface area (TPSA) is 332 Å². The molecule has 4 amide bonds. The number of aliphatic hydroxyl groups excluding tert-OH is 6. The molecule has 0 radical (unpaired) electrons. The fourth-order valence-electron chi connectivity index (χ4n) is 4.93. The number of guanidine groups is 1. The summed E-state index contributed by atoms with van der Waals surface area (Å²) in [6, 6.07) is -2.96. The van der Waals surface area contributed by atoms with Gasteiger partial charge < -0.3 is 74.4 Å². The maximum Gasteiger partial charge on any atom is 0.414 e. The van der Waals surface area contributed by atoms with Crippen molar-refractivity contribution in [2.45, 2.75) is 121 Å². The lowest BCUT2D eigenvalue weighted by molar-refractivity contribution is -0.300. The molecule has 0 aromatic heterocycles. The van der Waals surface area contributed by atoms with E-state index in [4.69, 9.17) is 33.2 Å². The first-order valence-electron chi connectivity index (χ1n) is 17.0. The Morgan fingerprint density at radius 3 is 1.98 bits per heavy atom. The predicted octanol–water partition coefficient (Wildman–Crippen LogP) is -3.01. The van der Waals surface area contributed by atoms with Crippen molar-refractivity contribution in [1.29, 1.82) is 0 Å². The van der Waals surface area contributed by atoms with Crippen LogP contribution in [0.15, 0.2) is 16.8 Å². The van der Waals surface area contributed by atoms with Gasteiger partial charge in [0.25, 0.3) is 0 Å². The number of nitrogens with zero attached hydrogens (tertiary/aromatic N) is 1. The summed E-state index contributed by atoms with van der Waals surface area (Å²) in [5.41, 5.74) is -2.00. The van der Waals surface area contributed by atoms with E-state index in [1.807, 2.05) is 0 Å². The number of rotatable bonds is 12. The predicted molar refractivity (Wildman–Crippen MR) is 184 cm³/mol. The Bertz CT molecular complexity index is 1360. The summed E-state index contributed by atoms with van der Waals surface area (Å²) in [6.07, 6.45) is -15.7. The molecule has 2 aliphatic heterocycles. The molecule has 2 heterocycles. The molecular weight excluding hydrogens is 742 g/mol. The van der Waals surface area contributed by atoms with E-state index in [1.165, 1.54) is 0 Å². The number of aliphatic hydroxyl groups is 6. The van der Waals surface area contributed by atoms with Gasteiger partial charge in [-0.15, -0.1) is 0 Å². The number of nitrogens with one attached hydrogen (secondary N) is 4. The summed E-state index contributed by atoms with van der Waals surface area (Å²) < 4.78 is 37.0. The zero-order valence-electron chi connectivity index (χ0n) is 31.7. The zero-order valence-corrected chi connectivity index (χ0v) is 31.7. The molecular formula is C32H53N5O18. The number of alkyl carbamates (subject to hydrolysis) is 3. The standard InChI is InChI=1S/C32H53N5O18/c1-14(40)34-19-15(35-27(36-29(47)54-31(2,3)4)37-30(48)55-32(5,6)7)11-17(25(45)49-8)51-24(19)23(16(41)12-38)53-28(46)33-9-10-50-26-22(44)21(43)20(42)18(13-39)52-26/h11,15-16,18-24,26,38-39,41-44H,9-10,12-13H2,1-8H3,(H,33,46)(H,34,40)(H2,35,36,37,47,48)/t15-,16+,18+,19+,20+,21-,22-,23+,24+,26-/m0/s1. The van der Waals surface area contributed by atoms with Crippen LogP contribution in [0.25, 0.3) is 0 Å². The van der Waals surface area contributed by atoms with Crippen molar-refractivity contribution in [2.75, 3.05) is 33.5 Å². The fraction of sp³-hybridized carbons (Fsp3) is 0.750. The number of amides is 4. The number of carbonyl (C=O) groups excluding carboxylic acids is 5. The molecule has 0 spiro atoms. The molecule has 10 atom stereocenters. The quantitative estimate of drug-likeness (QED) is 0.0309. The van der Waals surface area contributed by atoms with Crippen molar-refractivity contribution >= 4 is 36.1 Å². The molecule has 0 aliphatic carbocycles. The summed E-state index contributed by atoms with van der Waals surface area (Å²) >= 11 is 0. The Morgan fingerprint density at radius 1 is 0.909 bits per heavy atom. The third kappa shape index (κ3) is 15.0. The van der Waals surface area contributed by atoms with Gasteiger partial charge in [-0.2, -0.15) is 0 Å². The minimum atomic E-state index is -1.93. The minimum Gasteiger partial charge on any atom is -0.477 e. The van der Waals surface area contributed by atoms with Crippen LogP contribution < -0.4 is 21.3 Å². The van der Waals surface area contributed by atoms with Crippen LogP contribution in [0, 0.1) is 0 Å². The molecule has 23 nitrogen and oxygen atoms in total. The number of esters is 1. The molecule has 0 aromatic rings. The van der Waals surface area contributed by atoms with E-state index in [9.17, 15) is 54.6 Å². The van der Waals surface area contributed by atoms with Gasteiger partial charge in [0.2, 0.25) is 17.6 Å². The highest BCUT2D eigenvalue weighted by molar-refractivity contribution is 6.01. The SMILES string of the molecule is COC(=O)C1=C[C@H](N=C(NC(=O)OC(C)(C)C)NC(=O)OC(C)(C)C)[C@@H](NC(C)=O)[C@H]([C@H](OC(=O)NCCO[C@H]2O[C@H](CO)[C@@H](O)[C@H](O)[C@@H]2O)[C@H](O)CO)O1. The van der Waals surface area contributed by atoms with E-state index >= 15 is 0 Å². The second-order valence-corrected chi connectivity index (χ2v) is 14.2. The Kier molecular flexibility index (Phi) is 17.5. The van der Waals surface area contributed by atoms with Gasteiger partial charge in [0, 0.05) is 13.5 Å². The van der Waals surface area contributed by atoms with Crippen LogP contribution >= 0.6 is 0 Å². The maximum atomic E-state index is 13.0. The Hall–Kier alpha value is -4.36. The molecule has 55 heavy (non-hydrogen) atoms. The molecule has 10 N–H and O–H groups in total. The summed E-state index contributed by atoms with van der Waals surface area (Å²) in [5.74, 6) is -2.99. The summed E-state index contributed by atoms with van der Waals surface area (Å²) in [5, 5.41) is 69.5. The van der Waals surface area contributed by atoms with Crippen LogP contribution in [0.3, 0.4) is 0 Å². The second-order valence-electron chi connectivity index (χ2n) is 14.2. The first kappa shape index (κ1) is 46.8. The van der Waals surface area contributed by atoms with Crippen molar-refractivity contribution in [1.82, 2.24) is 21.3 Å². The summed E-state index contributed by atoms with van der Waals surface area (Å²) in [4.78, 5) is 68.1. The lowest BCUT2D eigenvalue weighted by Crippen LogP contribution is -2.61. The van der Waals surface area contributed by atoms with Gasteiger partial charge in [-0.3, -0.25) is 15.4 Å². The van der Waals surface area contributed by atoms with Crippen LogP contribution in [0.5, 0.6) is 0 Å². The molecule has 0 bridgehead atoms. The lowest BCUT2D eigenvalue weighted by atomic mass is 9.92. The fourth-order valence-corrected chi connectivity index (χ4v) is 4.93. The van der Waals surface area contributed by atoms with Crippen LogP contribution in [0.4, 0.5) is 14.4 Å². The van der Waals surface area contributed by atoms with Crippen molar-refractivity contribution in [2.24, 2.45) is 4.99 Å². The highest BCUT2D eigenvalue weighted by atomic mass is 16.7. The molecule has 2 rings (SSSR count). The number of hydrogen-bond acceptors (Lipinski definition) is 19. The number of hydrogen-bond donors (Lipinski definition) is 10. The first-order chi connectivity index (χ1) is 25.5. The number of ether oxygens (including phenoxy) is 7. The highest BCUT2D eigenvalue weighted by Gasteiger charge is 2.47. The average Bonchev–Trinajstić information content (AvgIpc) is 3.06. The maximum absolute atomic E-state index is 13.0. The van der Waals surface area contributed by atoms with Crippen molar-refractivity contribution in [3.8, 4) is 0 Å². The smallest absolute Gasteiger partial charge is 0.414 e. The van der Waals surface area contributed by atoms with Gasteiger partial charge in [-0.05, 0) is 47.6 Å². The Morgan fingerprint density at radius 2 is 1.49 bits per heavy atom. The van der Waals surface area contributed by atoms with Gasteiger partial charge in [0.15, 0.2) is 18.5 Å². The second kappa shape index (κ2) is 20.5. The van der Waals surface area contributed by atoms with E-state index in [-0.39, 0.29) is 13.2 Å². The zero-order chi connectivity index (χ0) is 41.8. The Labute approximate surface area is 316 Å². The lowest BCUT2D eigenvalue weighted by Gasteiger charge is -2.40. The van der Waals surface area contributed by atoms with Crippen molar-refractivity contribution in [3.05, 3.63) is 11.8 Å².